The van der Waals surface area contributed by atoms with Gasteiger partial charge in [0.25, 0.3) is 0 Å². The Kier molecular flexibility index (Phi) is 13.8. The summed E-state index contributed by atoms with van der Waals surface area (Å²) in [5.74, 6) is 0. The summed E-state index contributed by atoms with van der Waals surface area (Å²) in [6.07, 6.45) is 18.0. The molecule has 0 aromatic carbocycles. The highest BCUT2D eigenvalue weighted by Gasteiger charge is 2.30. The summed E-state index contributed by atoms with van der Waals surface area (Å²) in [5.41, 5.74) is 26.0. The van der Waals surface area contributed by atoms with Gasteiger partial charge in [0.2, 0.25) is 0 Å². The van der Waals surface area contributed by atoms with E-state index >= 15 is 0 Å². The van der Waals surface area contributed by atoms with Crippen LogP contribution in [0.3, 0.4) is 0 Å². The molecule has 0 saturated heterocycles. The smallest absolute Gasteiger partial charge is 0.0726 e. The van der Waals surface area contributed by atoms with Crippen molar-refractivity contribution in [1.29, 1.82) is 0 Å². The van der Waals surface area contributed by atoms with E-state index in [1.807, 2.05) is 0 Å². The molecular weight excluding hydrogens is 633 g/mol. The van der Waals surface area contributed by atoms with E-state index in [0.717, 1.165) is 109 Å². The Bertz CT molecular complexity index is 1840. The SMILES string of the molecule is CCCCc1c2nc(c(CCCC)c3[nH]c(cc4[nH]c(c(CCCC)c5nc1C(CC)=C5CC)c(CC)c4CC)c(CC)c3CC)C(CC)=C2CC. The van der Waals surface area contributed by atoms with Crippen LogP contribution in [0, 0.1) is 0 Å². The Hall–Kier alpha value is -3.40. The van der Waals surface area contributed by atoms with Crippen molar-refractivity contribution in [2.24, 2.45) is 0 Å². The van der Waals surface area contributed by atoms with Crippen molar-refractivity contribution in [3.8, 4) is 0 Å². The van der Waals surface area contributed by atoms with Crippen LogP contribution in [0.25, 0.3) is 44.4 Å². The monoisotopic (exact) mass is 703 g/mol. The maximum Gasteiger partial charge on any atom is 0.0726 e. The van der Waals surface area contributed by atoms with Crippen LogP contribution in [0.5, 0.6) is 0 Å². The fraction of sp³-hybridized carbons (Fsp3) is 0.583. The lowest BCUT2D eigenvalue weighted by molar-refractivity contribution is 0.783. The number of hydrogen-bond acceptors (Lipinski definition) is 2. The van der Waals surface area contributed by atoms with E-state index < -0.39 is 0 Å². The second-order valence-corrected chi connectivity index (χ2v) is 15.0. The van der Waals surface area contributed by atoms with Crippen molar-refractivity contribution in [3.05, 3.63) is 67.8 Å². The number of allylic oxidation sites excluding steroid dienone is 4. The lowest BCUT2D eigenvalue weighted by Gasteiger charge is -2.12. The molecular formula is C48H70N4. The van der Waals surface area contributed by atoms with Gasteiger partial charge in [-0.15, -0.1) is 0 Å². The predicted octanol–water partition coefficient (Wildman–Crippen LogP) is 14.1. The molecule has 282 valence electrons. The minimum Gasteiger partial charge on any atom is -0.355 e. The molecule has 0 spiro atoms. The van der Waals surface area contributed by atoms with E-state index in [1.165, 1.54) is 106 Å². The molecule has 0 saturated carbocycles. The largest absolute Gasteiger partial charge is 0.355 e. The topological polar surface area (TPSA) is 57.4 Å². The van der Waals surface area contributed by atoms with Crippen LogP contribution >= 0.6 is 0 Å². The van der Waals surface area contributed by atoms with Gasteiger partial charge < -0.3 is 9.97 Å². The highest BCUT2D eigenvalue weighted by Crippen LogP contribution is 2.44. The molecule has 52 heavy (non-hydrogen) atoms. The fourth-order valence-corrected chi connectivity index (χ4v) is 9.41. The van der Waals surface area contributed by atoms with E-state index in [0.29, 0.717) is 0 Å². The number of rotatable bonds is 17. The van der Waals surface area contributed by atoms with E-state index in [1.54, 1.807) is 0 Å². The lowest BCUT2D eigenvalue weighted by atomic mass is 9.90. The maximum atomic E-state index is 5.86. The van der Waals surface area contributed by atoms with Crippen molar-refractivity contribution < 1.29 is 0 Å². The molecule has 5 heterocycles. The molecule has 8 bridgehead atoms. The first-order valence-electron chi connectivity index (χ1n) is 21.6. The zero-order valence-corrected chi connectivity index (χ0v) is 35.0. The third-order valence-electron chi connectivity index (χ3n) is 12.0. The number of aromatic amines is 2. The Morgan fingerprint density at radius 1 is 0.365 bits per heavy atom. The molecule has 2 aliphatic rings. The van der Waals surface area contributed by atoms with Crippen LogP contribution in [-0.2, 0) is 44.9 Å². The average molecular weight is 703 g/mol. The summed E-state index contributed by atoms with van der Waals surface area (Å²) in [4.78, 5) is 19.9. The molecule has 4 heteroatoms. The van der Waals surface area contributed by atoms with Crippen LogP contribution in [0.15, 0.2) is 6.07 Å². The third kappa shape index (κ3) is 7.13. The second-order valence-electron chi connectivity index (χ2n) is 15.0. The van der Waals surface area contributed by atoms with Crippen molar-refractivity contribution in [1.82, 2.24) is 19.9 Å². The van der Waals surface area contributed by atoms with Crippen molar-refractivity contribution in [3.63, 3.8) is 0 Å². The van der Waals surface area contributed by atoms with Crippen LogP contribution in [0.1, 0.15) is 202 Å². The molecule has 0 atom stereocenters. The van der Waals surface area contributed by atoms with Gasteiger partial charge in [0.1, 0.15) is 0 Å². The number of nitrogens with one attached hydrogen (secondary N) is 2. The second kappa shape index (κ2) is 18.1. The molecule has 0 fully saturated rings. The predicted molar refractivity (Wildman–Crippen MR) is 229 cm³/mol. The van der Waals surface area contributed by atoms with Gasteiger partial charge in [-0.05, 0) is 141 Å². The molecule has 0 aliphatic carbocycles. The molecule has 5 rings (SSSR count). The molecule has 2 N–H and O–H groups in total. The van der Waals surface area contributed by atoms with Gasteiger partial charge in [-0.3, -0.25) is 0 Å². The molecule has 0 unspecified atom stereocenters. The van der Waals surface area contributed by atoms with Crippen molar-refractivity contribution >= 4 is 44.4 Å². The number of fused-ring (bicyclic) bond motifs is 8. The van der Waals surface area contributed by atoms with Crippen LogP contribution in [0.4, 0.5) is 0 Å². The average Bonchev–Trinajstić information content (AvgIpc) is 3.91. The van der Waals surface area contributed by atoms with E-state index in [9.17, 15) is 0 Å². The maximum absolute atomic E-state index is 5.86. The van der Waals surface area contributed by atoms with Gasteiger partial charge in [0.05, 0.1) is 22.8 Å². The number of unbranched alkanes of at least 4 members (excludes halogenated alkanes) is 3. The summed E-state index contributed by atoms with van der Waals surface area (Å²) in [5, 5.41) is 0. The first kappa shape index (κ1) is 39.8. The Morgan fingerprint density at radius 3 is 0.962 bits per heavy atom. The molecule has 3 aromatic heterocycles. The van der Waals surface area contributed by atoms with E-state index in [4.69, 9.17) is 9.97 Å². The van der Waals surface area contributed by atoms with E-state index in [-0.39, 0.29) is 0 Å². The number of aryl methyl sites for hydroxylation is 6. The minimum absolute atomic E-state index is 0.987. The summed E-state index contributed by atoms with van der Waals surface area (Å²) >= 11 is 0. The normalized spacial score (nSPS) is 13.3. The fourth-order valence-electron chi connectivity index (χ4n) is 9.41. The summed E-state index contributed by atoms with van der Waals surface area (Å²) in [6, 6.07) is 2.46. The Balaban J connectivity index is 2.21. The van der Waals surface area contributed by atoms with Crippen LogP contribution in [0.2, 0.25) is 0 Å². The molecule has 0 amide bonds. The summed E-state index contributed by atoms with van der Waals surface area (Å²) in [7, 11) is 0. The minimum atomic E-state index is 0.987. The quantitative estimate of drug-likeness (QED) is 0.147. The summed E-state index contributed by atoms with van der Waals surface area (Å²) < 4.78 is 0. The Labute approximate surface area is 316 Å². The standard InChI is InChI=1S/C48H70N4/c1-12-23-26-38-43-32(17-6)30(15-4)41(49-43)29-42-31(16-5)33(18-7)44(50-42)39(27-24-13-2)46-35(20-9)37(22-11)48(52-46)40(28-25-14-3)47-36(21-10)34(19-8)45(38)51-47/h29,49-50H,12-28H2,1-11H3. The van der Waals surface area contributed by atoms with Crippen molar-refractivity contribution in [2.75, 3.05) is 0 Å². The zero-order valence-electron chi connectivity index (χ0n) is 35.0. The first-order valence-corrected chi connectivity index (χ1v) is 21.6. The highest BCUT2D eigenvalue weighted by atomic mass is 14.8. The summed E-state index contributed by atoms with van der Waals surface area (Å²) in [6.45, 7) is 25.7. The number of nitrogens with zero attached hydrogens (tertiary/aromatic N) is 2. The first-order chi connectivity index (χ1) is 25.4. The molecule has 0 radical (unpaired) electrons. The number of hydrogen-bond donors (Lipinski definition) is 2. The number of aromatic nitrogens is 4. The van der Waals surface area contributed by atoms with Gasteiger partial charge in [-0.25, -0.2) is 9.97 Å². The zero-order chi connectivity index (χ0) is 37.5. The molecule has 3 aromatic rings. The van der Waals surface area contributed by atoms with Crippen LogP contribution < -0.4 is 0 Å². The van der Waals surface area contributed by atoms with Gasteiger partial charge in [0.15, 0.2) is 0 Å². The number of H-pyrrole nitrogens is 2. The molecule has 2 aliphatic heterocycles. The van der Waals surface area contributed by atoms with Gasteiger partial charge in [-0.2, -0.15) is 0 Å². The van der Waals surface area contributed by atoms with Gasteiger partial charge >= 0.3 is 0 Å². The lowest BCUT2D eigenvalue weighted by Crippen LogP contribution is -2.00. The van der Waals surface area contributed by atoms with Crippen molar-refractivity contribution in [2.45, 2.75) is 185 Å². The Morgan fingerprint density at radius 2 is 0.673 bits per heavy atom. The van der Waals surface area contributed by atoms with E-state index in [2.05, 4.69) is 92.2 Å². The van der Waals surface area contributed by atoms with Gasteiger partial charge in [0, 0.05) is 38.8 Å². The molecule has 4 nitrogen and oxygen atoms in total. The third-order valence-corrected chi connectivity index (χ3v) is 12.0. The van der Waals surface area contributed by atoms with Gasteiger partial charge in [-0.1, -0.05) is 95.4 Å². The van der Waals surface area contributed by atoms with Crippen LogP contribution in [-0.4, -0.2) is 19.9 Å². The highest BCUT2D eigenvalue weighted by molar-refractivity contribution is 5.99.